The summed E-state index contributed by atoms with van der Waals surface area (Å²) in [6.45, 7) is 1.90. The van der Waals surface area contributed by atoms with E-state index in [1.54, 1.807) is 37.3 Å². The Morgan fingerprint density at radius 2 is 1.36 bits per heavy atom. The maximum absolute atomic E-state index is 14.6. The van der Waals surface area contributed by atoms with Crippen LogP contribution in [0.2, 0.25) is 0 Å². The maximum Gasteiger partial charge on any atom is 0.259 e. The number of fused-ring (bicyclic) bond motifs is 1. The first kappa shape index (κ1) is 27.3. The number of carbonyl (C=O) groups is 2. The standard InChI is InChI=1S/C34H32FN3O4/c1-41-25-15-11-23(12-16-25)32-31(34(40)37-21-19-36(20-22-37)30-10-6-5-9-29(30)35)27-7-3-4-8-28(27)33(39)38(32)24-13-17-26(42-2)18-14-24/h3-18,31-32H,19-22H2,1-2H3/t31-,32+/m1/s1. The molecule has 6 rings (SSSR count). The topological polar surface area (TPSA) is 62.3 Å². The van der Waals surface area contributed by atoms with Gasteiger partial charge in [0.15, 0.2) is 0 Å². The van der Waals surface area contributed by atoms with Crippen molar-refractivity contribution in [1.82, 2.24) is 4.90 Å². The Hall–Kier alpha value is -4.85. The molecule has 2 aliphatic rings. The van der Waals surface area contributed by atoms with Gasteiger partial charge in [0.2, 0.25) is 5.91 Å². The minimum atomic E-state index is -0.658. The molecule has 2 heterocycles. The number of para-hydroxylation sites is 1. The lowest BCUT2D eigenvalue weighted by Crippen LogP contribution is -2.53. The van der Waals surface area contributed by atoms with Crippen LogP contribution in [0.3, 0.4) is 0 Å². The second-order valence-corrected chi connectivity index (χ2v) is 10.4. The van der Waals surface area contributed by atoms with Gasteiger partial charge in [-0.2, -0.15) is 0 Å². The van der Waals surface area contributed by atoms with Crippen LogP contribution >= 0.6 is 0 Å². The normalized spacial score (nSPS) is 18.5. The minimum absolute atomic E-state index is 0.0672. The van der Waals surface area contributed by atoms with Gasteiger partial charge in [-0.15, -0.1) is 0 Å². The smallest absolute Gasteiger partial charge is 0.259 e. The molecule has 0 spiro atoms. The van der Waals surface area contributed by atoms with E-state index >= 15 is 0 Å². The number of anilines is 2. The first-order chi connectivity index (χ1) is 20.5. The first-order valence-electron chi connectivity index (χ1n) is 14.0. The molecule has 0 unspecified atom stereocenters. The predicted octanol–water partition coefficient (Wildman–Crippen LogP) is 5.68. The summed E-state index contributed by atoms with van der Waals surface area (Å²) in [6, 6.07) is 28.3. The van der Waals surface area contributed by atoms with Crippen LogP contribution < -0.4 is 19.3 Å². The van der Waals surface area contributed by atoms with Gasteiger partial charge in [0.1, 0.15) is 17.3 Å². The molecule has 1 fully saturated rings. The Balaban J connectivity index is 1.41. The summed E-state index contributed by atoms with van der Waals surface area (Å²) in [5.41, 5.74) is 3.23. The number of ether oxygens (including phenoxy) is 2. The molecule has 2 aliphatic heterocycles. The SMILES string of the molecule is COc1ccc([C@H]2[C@H](C(=O)N3CCN(c4ccccc4F)CC3)c3ccccc3C(=O)N2c2ccc(OC)cc2)cc1. The van der Waals surface area contributed by atoms with Crippen LogP contribution in [0.4, 0.5) is 15.8 Å². The van der Waals surface area contributed by atoms with Crippen LogP contribution in [0.1, 0.15) is 33.4 Å². The molecular weight excluding hydrogens is 533 g/mol. The molecule has 42 heavy (non-hydrogen) atoms. The van der Waals surface area contributed by atoms with Crippen molar-refractivity contribution in [2.24, 2.45) is 0 Å². The number of halogens is 1. The molecule has 7 nitrogen and oxygen atoms in total. The Morgan fingerprint density at radius 1 is 0.762 bits per heavy atom. The van der Waals surface area contributed by atoms with Gasteiger partial charge in [0, 0.05) is 37.4 Å². The summed E-state index contributed by atoms with van der Waals surface area (Å²) in [4.78, 5) is 34.3. The number of hydrogen-bond donors (Lipinski definition) is 0. The lowest BCUT2D eigenvalue weighted by atomic mass is 9.78. The fourth-order valence-corrected chi connectivity index (χ4v) is 6.04. The molecule has 2 atom stereocenters. The zero-order valence-electron chi connectivity index (χ0n) is 23.6. The van der Waals surface area contributed by atoms with Gasteiger partial charge >= 0.3 is 0 Å². The average Bonchev–Trinajstić information content (AvgIpc) is 3.05. The van der Waals surface area contributed by atoms with Gasteiger partial charge in [-0.25, -0.2) is 4.39 Å². The average molecular weight is 566 g/mol. The summed E-state index contributed by atoms with van der Waals surface area (Å²) in [6.07, 6.45) is 0. The van der Waals surface area contributed by atoms with Gasteiger partial charge in [-0.1, -0.05) is 42.5 Å². The van der Waals surface area contributed by atoms with Gasteiger partial charge < -0.3 is 19.3 Å². The molecule has 0 aliphatic carbocycles. The fraction of sp³-hybridized carbons (Fsp3) is 0.235. The zero-order valence-corrected chi connectivity index (χ0v) is 23.6. The van der Waals surface area contributed by atoms with Crippen molar-refractivity contribution >= 4 is 23.2 Å². The van der Waals surface area contributed by atoms with Gasteiger partial charge in [0.05, 0.1) is 31.9 Å². The summed E-state index contributed by atoms with van der Waals surface area (Å²) >= 11 is 0. The van der Waals surface area contributed by atoms with Crippen molar-refractivity contribution < 1.29 is 23.5 Å². The second kappa shape index (κ2) is 11.6. The molecule has 214 valence electrons. The quantitative estimate of drug-likeness (QED) is 0.301. The van der Waals surface area contributed by atoms with Crippen LogP contribution in [-0.4, -0.2) is 57.1 Å². The molecule has 4 aromatic carbocycles. The number of carbonyl (C=O) groups excluding carboxylic acids is 2. The third-order valence-corrected chi connectivity index (χ3v) is 8.20. The highest BCUT2D eigenvalue weighted by atomic mass is 19.1. The van der Waals surface area contributed by atoms with E-state index in [1.807, 2.05) is 82.6 Å². The summed E-state index contributed by atoms with van der Waals surface area (Å²) < 4.78 is 25.2. The van der Waals surface area contributed by atoms with Crippen molar-refractivity contribution in [1.29, 1.82) is 0 Å². The van der Waals surface area contributed by atoms with Crippen LogP contribution in [0.25, 0.3) is 0 Å². The predicted molar refractivity (Wildman–Crippen MR) is 160 cm³/mol. The highest BCUT2D eigenvalue weighted by Crippen LogP contribution is 2.46. The largest absolute Gasteiger partial charge is 0.497 e. The number of rotatable bonds is 6. The van der Waals surface area contributed by atoms with Gasteiger partial charge in [-0.05, 0) is 65.7 Å². The Labute approximate surface area is 244 Å². The van der Waals surface area contributed by atoms with Crippen molar-refractivity contribution in [3.05, 3.63) is 120 Å². The maximum atomic E-state index is 14.6. The number of benzene rings is 4. The molecule has 0 aromatic heterocycles. The number of methoxy groups -OCH3 is 2. The van der Waals surface area contributed by atoms with E-state index in [1.165, 1.54) is 6.07 Å². The molecule has 4 aromatic rings. The zero-order chi connectivity index (χ0) is 29.2. The Kier molecular flexibility index (Phi) is 7.52. The van der Waals surface area contributed by atoms with E-state index < -0.39 is 12.0 Å². The van der Waals surface area contributed by atoms with Crippen LogP contribution in [0.15, 0.2) is 97.1 Å². The number of piperazine rings is 1. The van der Waals surface area contributed by atoms with Crippen LogP contribution in [0.5, 0.6) is 11.5 Å². The molecule has 8 heteroatoms. The van der Waals surface area contributed by atoms with E-state index in [-0.39, 0.29) is 17.6 Å². The molecular formula is C34H32FN3O4. The molecule has 0 N–H and O–H groups in total. The molecule has 2 amide bonds. The van der Waals surface area contributed by atoms with Crippen LogP contribution in [-0.2, 0) is 4.79 Å². The van der Waals surface area contributed by atoms with Crippen molar-refractivity contribution in [2.75, 3.05) is 50.2 Å². The monoisotopic (exact) mass is 565 g/mol. The van der Waals surface area contributed by atoms with E-state index in [0.717, 1.165) is 5.56 Å². The third kappa shape index (κ3) is 4.93. The highest BCUT2D eigenvalue weighted by molar-refractivity contribution is 6.11. The molecule has 0 saturated carbocycles. The van der Waals surface area contributed by atoms with E-state index in [0.29, 0.717) is 60.2 Å². The lowest BCUT2D eigenvalue weighted by molar-refractivity contribution is -0.133. The van der Waals surface area contributed by atoms with E-state index in [4.69, 9.17) is 9.47 Å². The van der Waals surface area contributed by atoms with E-state index in [9.17, 15) is 14.0 Å². The van der Waals surface area contributed by atoms with Crippen LogP contribution in [0, 0.1) is 5.82 Å². The fourth-order valence-electron chi connectivity index (χ4n) is 6.04. The number of nitrogens with zero attached hydrogens (tertiary/aromatic N) is 3. The summed E-state index contributed by atoms with van der Waals surface area (Å²) in [7, 11) is 3.20. The Bertz CT molecular complexity index is 1580. The minimum Gasteiger partial charge on any atom is -0.497 e. The van der Waals surface area contributed by atoms with Gasteiger partial charge in [0.25, 0.3) is 5.91 Å². The second-order valence-electron chi connectivity index (χ2n) is 10.4. The summed E-state index contributed by atoms with van der Waals surface area (Å²) in [5, 5.41) is 0. The van der Waals surface area contributed by atoms with Gasteiger partial charge in [-0.3, -0.25) is 14.5 Å². The molecule has 0 bridgehead atoms. The Morgan fingerprint density at radius 3 is 2.00 bits per heavy atom. The van der Waals surface area contributed by atoms with Crippen molar-refractivity contribution in [3.63, 3.8) is 0 Å². The lowest BCUT2D eigenvalue weighted by Gasteiger charge is -2.44. The molecule has 0 radical (unpaired) electrons. The number of amides is 2. The highest BCUT2D eigenvalue weighted by Gasteiger charge is 2.46. The van der Waals surface area contributed by atoms with Crippen molar-refractivity contribution in [3.8, 4) is 11.5 Å². The molecule has 1 saturated heterocycles. The third-order valence-electron chi connectivity index (χ3n) is 8.20. The number of hydrogen-bond acceptors (Lipinski definition) is 5. The van der Waals surface area contributed by atoms with E-state index in [2.05, 4.69) is 0 Å². The van der Waals surface area contributed by atoms with Crippen molar-refractivity contribution in [2.45, 2.75) is 12.0 Å². The first-order valence-corrected chi connectivity index (χ1v) is 14.0. The summed E-state index contributed by atoms with van der Waals surface area (Å²) in [5.74, 6) is 0.183.